The summed E-state index contributed by atoms with van der Waals surface area (Å²) in [6.07, 6.45) is 0. The average molecular weight is 226 g/mol. The van der Waals surface area contributed by atoms with Crippen molar-refractivity contribution in [3.05, 3.63) is 29.6 Å². The van der Waals surface area contributed by atoms with Crippen LogP contribution in [0.4, 0.5) is 4.39 Å². The second kappa shape index (κ2) is 5.25. The van der Waals surface area contributed by atoms with Crippen LogP contribution < -0.4 is 4.74 Å². The van der Waals surface area contributed by atoms with Gasteiger partial charge < -0.3 is 9.47 Å². The Hall–Kier alpha value is -1.91. The largest absolute Gasteiger partial charge is 0.496 e. The van der Waals surface area contributed by atoms with Gasteiger partial charge in [-0.15, -0.1) is 0 Å². The standard InChI is InChI=1S/C11H11FO4/c1-3-16-11(14)10(13)8-5-4-7(12)6-9(8)15-2/h4-6H,3H2,1-2H3. The minimum Gasteiger partial charge on any atom is -0.496 e. The highest BCUT2D eigenvalue weighted by Gasteiger charge is 2.21. The Bertz CT molecular complexity index is 414. The molecule has 0 bridgehead atoms. The number of esters is 1. The number of methoxy groups -OCH3 is 1. The molecule has 0 aliphatic rings. The number of ether oxygens (including phenoxy) is 2. The first-order valence-corrected chi connectivity index (χ1v) is 4.65. The summed E-state index contributed by atoms with van der Waals surface area (Å²) < 4.78 is 22.2. The van der Waals surface area contributed by atoms with E-state index in [-0.39, 0.29) is 17.9 Å². The predicted octanol–water partition coefficient (Wildman–Crippen LogP) is 1.58. The van der Waals surface area contributed by atoms with Crippen LogP contribution in [0.2, 0.25) is 0 Å². The Morgan fingerprint density at radius 2 is 2.06 bits per heavy atom. The third-order valence-corrected chi connectivity index (χ3v) is 1.87. The molecule has 1 aromatic carbocycles. The second-order valence-corrected chi connectivity index (χ2v) is 2.89. The molecule has 4 nitrogen and oxygen atoms in total. The molecule has 0 N–H and O–H groups in total. The molecule has 0 fully saturated rings. The number of hydrogen-bond donors (Lipinski definition) is 0. The molecule has 0 amide bonds. The quantitative estimate of drug-likeness (QED) is 0.444. The van der Waals surface area contributed by atoms with Crippen LogP contribution in [0.15, 0.2) is 18.2 Å². The van der Waals surface area contributed by atoms with Crippen molar-refractivity contribution in [2.45, 2.75) is 6.92 Å². The van der Waals surface area contributed by atoms with E-state index in [9.17, 15) is 14.0 Å². The summed E-state index contributed by atoms with van der Waals surface area (Å²) in [4.78, 5) is 22.7. The zero-order valence-corrected chi connectivity index (χ0v) is 8.95. The molecule has 86 valence electrons. The molecule has 0 unspecified atom stereocenters. The average Bonchev–Trinajstić information content (AvgIpc) is 2.28. The lowest BCUT2D eigenvalue weighted by molar-refractivity contribution is -0.137. The first kappa shape index (κ1) is 12.2. The minimum atomic E-state index is -0.979. The van der Waals surface area contributed by atoms with Crippen LogP contribution >= 0.6 is 0 Å². The molecule has 0 saturated carbocycles. The molecule has 16 heavy (non-hydrogen) atoms. The van der Waals surface area contributed by atoms with Crippen molar-refractivity contribution in [2.75, 3.05) is 13.7 Å². The van der Waals surface area contributed by atoms with Gasteiger partial charge in [-0.05, 0) is 19.1 Å². The maximum atomic E-state index is 12.8. The molecule has 0 saturated heterocycles. The van der Waals surface area contributed by atoms with Crippen molar-refractivity contribution in [3.63, 3.8) is 0 Å². The number of ketones is 1. The molecule has 0 aromatic heterocycles. The number of carbonyl (C=O) groups is 2. The number of carbonyl (C=O) groups excluding carboxylic acids is 2. The topological polar surface area (TPSA) is 52.6 Å². The van der Waals surface area contributed by atoms with E-state index in [0.29, 0.717) is 0 Å². The molecule has 0 aliphatic carbocycles. The van der Waals surface area contributed by atoms with Gasteiger partial charge in [-0.2, -0.15) is 0 Å². The van der Waals surface area contributed by atoms with E-state index < -0.39 is 17.6 Å². The first-order chi connectivity index (χ1) is 7.60. The molecule has 0 heterocycles. The summed E-state index contributed by atoms with van der Waals surface area (Å²) in [5.41, 5.74) is -0.0117. The van der Waals surface area contributed by atoms with E-state index in [0.717, 1.165) is 12.1 Å². The van der Waals surface area contributed by atoms with E-state index in [1.165, 1.54) is 13.2 Å². The van der Waals surface area contributed by atoms with Gasteiger partial charge in [-0.1, -0.05) is 0 Å². The lowest BCUT2D eigenvalue weighted by atomic mass is 10.1. The summed E-state index contributed by atoms with van der Waals surface area (Å²) in [6.45, 7) is 1.70. The lowest BCUT2D eigenvalue weighted by Crippen LogP contribution is -2.18. The second-order valence-electron chi connectivity index (χ2n) is 2.89. The number of rotatable bonds is 4. The summed E-state index contributed by atoms with van der Waals surface area (Å²) in [7, 11) is 1.29. The zero-order valence-electron chi connectivity index (χ0n) is 8.95. The van der Waals surface area contributed by atoms with Gasteiger partial charge in [-0.3, -0.25) is 4.79 Å². The van der Waals surface area contributed by atoms with Crippen LogP contribution in [-0.2, 0) is 9.53 Å². The molecule has 1 aromatic rings. The summed E-state index contributed by atoms with van der Waals surface area (Å²) >= 11 is 0. The lowest BCUT2D eigenvalue weighted by Gasteiger charge is -2.06. The van der Waals surface area contributed by atoms with Crippen molar-refractivity contribution in [2.24, 2.45) is 0 Å². The van der Waals surface area contributed by atoms with Crippen LogP contribution in [0, 0.1) is 5.82 Å². The van der Waals surface area contributed by atoms with Gasteiger partial charge in [0.05, 0.1) is 19.3 Å². The Morgan fingerprint density at radius 1 is 1.38 bits per heavy atom. The summed E-state index contributed by atoms with van der Waals surface area (Å²) in [5, 5.41) is 0. The van der Waals surface area contributed by atoms with E-state index in [2.05, 4.69) is 4.74 Å². The predicted molar refractivity (Wildman–Crippen MR) is 53.9 cm³/mol. The number of Topliss-reactive ketones (excluding diaryl/α,β-unsaturated/α-hetero) is 1. The molecule has 0 radical (unpaired) electrons. The fraction of sp³-hybridized carbons (Fsp3) is 0.273. The van der Waals surface area contributed by atoms with E-state index in [1.54, 1.807) is 6.92 Å². The maximum absolute atomic E-state index is 12.8. The van der Waals surface area contributed by atoms with Crippen molar-refractivity contribution in [1.29, 1.82) is 0 Å². The van der Waals surface area contributed by atoms with Crippen LogP contribution in [0.25, 0.3) is 0 Å². The Kier molecular flexibility index (Phi) is 3.99. The van der Waals surface area contributed by atoms with Gasteiger partial charge in [0.2, 0.25) is 0 Å². The molecule has 0 atom stereocenters. The highest BCUT2D eigenvalue weighted by molar-refractivity contribution is 6.41. The van der Waals surface area contributed by atoms with Gasteiger partial charge in [0.15, 0.2) is 0 Å². The van der Waals surface area contributed by atoms with E-state index in [1.807, 2.05) is 0 Å². The highest BCUT2D eigenvalue weighted by Crippen LogP contribution is 2.20. The van der Waals surface area contributed by atoms with Crippen LogP contribution in [0.3, 0.4) is 0 Å². The normalized spacial score (nSPS) is 9.69. The van der Waals surface area contributed by atoms with Crippen molar-refractivity contribution >= 4 is 11.8 Å². The van der Waals surface area contributed by atoms with Crippen molar-refractivity contribution in [1.82, 2.24) is 0 Å². The molecule has 0 spiro atoms. The number of hydrogen-bond acceptors (Lipinski definition) is 4. The molecular weight excluding hydrogens is 215 g/mol. The van der Waals surface area contributed by atoms with Crippen molar-refractivity contribution < 1.29 is 23.5 Å². The molecular formula is C11H11FO4. The maximum Gasteiger partial charge on any atom is 0.379 e. The Balaban J connectivity index is 3.03. The van der Waals surface area contributed by atoms with E-state index >= 15 is 0 Å². The zero-order chi connectivity index (χ0) is 12.1. The number of benzene rings is 1. The monoisotopic (exact) mass is 226 g/mol. The van der Waals surface area contributed by atoms with Gasteiger partial charge in [0, 0.05) is 6.07 Å². The Morgan fingerprint density at radius 3 is 2.62 bits per heavy atom. The number of halogens is 1. The summed E-state index contributed by atoms with van der Waals surface area (Å²) in [5.74, 6) is -2.36. The van der Waals surface area contributed by atoms with Gasteiger partial charge in [0.25, 0.3) is 5.78 Å². The van der Waals surface area contributed by atoms with Crippen LogP contribution in [0.5, 0.6) is 5.75 Å². The van der Waals surface area contributed by atoms with Gasteiger partial charge in [-0.25, -0.2) is 9.18 Å². The minimum absolute atomic E-state index is 0.0117. The SMILES string of the molecule is CCOC(=O)C(=O)c1ccc(F)cc1OC. The van der Waals surface area contributed by atoms with Gasteiger partial charge in [0.1, 0.15) is 11.6 Å². The first-order valence-electron chi connectivity index (χ1n) is 4.65. The Labute approximate surface area is 92.0 Å². The molecule has 0 aliphatic heterocycles. The highest BCUT2D eigenvalue weighted by atomic mass is 19.1. The van der Waals surface area contributed by atoms with Crippen molar-refractivity contribution in [3.8, 4) is 5.75 Å². The summed E-state index contributed by atoms with van der Waals surface area (Å²) in [6, 6.07) is 3.30. The molecule has 1 rings (SSSR count). The third-order valence-electron chi connectivity index (χ3n) is 1.87. The molecule has 5 heteroatoms. The van der Waals surface area contributed by atoms with Crippen LogP contribution in [0.1, 0.15) is 17.3 Å². The van der Waals surface area contributed by atoms with E-state index in [4.69, 9.17) is 4.74 Å². The fourth-order valence-electron chi connectivity index (χ4n) is 1.16. The third kappa shape index (κ3) is 2.56. The fourth-order valence-corrected chi connectivity index (χ4v) is 1.16. The van der Waals surface area contributed by atoms with Gasteiger partial charge >= 0.3 is 5.97 Å². The van der Waals surface area contributed by atoms with Crippen LogP contribution in [-0.4, -0.2) is 25.5 Å². The smallest absolute Gasteiger partial charge is 0.379 e.